The molecule has 0 atom stereocenters. The molecule has 0 spiro atoms. The van der Waals surface area contributed by atoms with Gasteiger partial charge >= 0.3 is 0 Å². The maximum Gasteiger partial charge on any atom is 0.0786 e. The van der Waals surface area contributed by atoms with E-state index in [1.54, 1.807) is 0 Å². The Morgan fingerprint density at radius 2 is 0.886 bits per heavy atom. The minimum Gasteiger partial charge on any atom is -0.329 e. The van der Waals surface area contributed by atoms with E-state index in [1.807, 2.05) is 36.4 Å². The molecule has 0 unspecified atom stereocenters. The van der Waals surface area contributed by atoms with Gasteiger partial charge in [0.05, 0.1) is 26.2 Å². The van der Waals surface area contributed by atoms with Crippen molar-refractivity contribution in [2.45, 2.75) is 97.4 Å². The second-order valence-electron chi connectivity index (χ2n) is 10.5. The van der Waals surface area contributed by atoms with Crippen molar-refractivity contribution in [1.29, 1.82) is 0 Å². The van der Waals surface area contributed by atoms with E-state index in [0.717, 1.165) is 12.8 Å². The van der Waals surface area contributed by atoms with Gasteiger partial charge in [-0.1, -0.05) is 114 Å². The fourth-order valence-corrected chi connectivity index (χ4v) is 4.86. The van der Waals surface area contributed by atoms with Crippen molar-refractivity contribution < 1.29 is 4.48 Å². The molecular formula is C32H56N3+. The van der Waals surface area contributed by atoms with Crippen molar-refractivity contribution in [2.24, 2.45) is 11.5 Å². The molecule has 0 aliphatic rings. The molecule has 0 saturated carbocycles. The highest BCUT2D eigenvalue weighted by molar-refractivity contribution is 5.22. The van der Waals surface area contributed by atoms with Crippen LogP contribution < -0.4 is 11.5 Å². The number of hydrogen-bond acceptors (Lipinski definition) is 2. The molecule has 0 heterocycles. The minimum absolute atomic E-state index is 0.372. The fraction of sp³-hybridized carbons (Fsp3) is 0.625. The lowest BCUT2D eigenvalue weighted by molar-refractivity contribution is -0.929. The lowest BCUT2D eigenvalue weighted by atomic mass is 9.86. The smallest absolute Gasteiger partial charge is 0.0786 e. The van der Waals surface area contributed by atoms with E-state index >= 15 is 0 Å². The Kier molecular flexibility index (Phi) is 16.6. The quantitative estimate of drug-likeness (QED) is 0.236. The van der Waals surface area contributed by atoms with Crippen molar-refractivity contribution in [2.75, 3.05) is 32.7 Å². The highest BCUT2D eigenvalue weighted by Crippen LogP contribution is 2.17. The van der Waals surface area contributed by atoms with Crippen molar-refractivity contribution in [3.63, 3.8) is 0 Å². The maximum absolute atomic E-state index is 6.44. The van der Waals surface area contributed by atoms with Gasteiger partial charge in [-0.15, -0.1) is 0 Å². The first-order valence-corrected chi connectivity index (χ1v) is 14.4. The molecule has 3 nitrogen and oxygen atoms in total. The number of unbranched alkanes of at least 4 members (excludes halogenated alkanes) is 4. The standard InChI is InChI=1S/C16H20N2.C16H36N/c17-13-16(18,11-14-7-3-1-4-8-14)12-15-9-5-2-6-10-15;1-5-9-13-17(14-10-6-2,15-11-7-3)16-12-8-4/h1-10H,11-13,17-18H2;5-16H2,1-4H3/q;+1. The SMILES string of the molecule is CCCC[N+](CCCC)(CCCC)CCCC.NCC(N)(Cc1ccccc1)Cc1ccccc1. The lowest BCUT2D eigenvalue weighted by Gasteiger charge is -2.39. The van der Waals surface area contributed by atoms with Crippen LogP contribution in [0.1, 0.15) is 90.2 Å². The third kappa shape index (κ3) is 13.3. The Bertz CT molecular complexity index is 650. The topological polar surface area (TPSA) is 52.0 Å². The Labute approximate surface area is 217 Å². The van der Waals surface area contributed by atoms with E-state index in [4.69, 9.17) is 11.5 Å². The Morgan fingerprint density at radius 3 is 1.14 bits per heavy atom. The second-order valence-corrected chi connectivity index (χ2v) is 10.5. The molecular weight excluding hydrogens is 426 g/mol. The first-order valence-electron chi connectivity index (χ1n) is 14.4. The first-order chi connectivity index (χ1) is 17.0. The summed E-state index contributed by atoms with van der Waals surface area (Å²) in [6.45, 7) is 15.5. The summed E-state index contributed by atoms with van der Waals surface area (Å²) in [5, 5.41) is 0. The van der Waals surface area contributed by atoms with Gasteiger partial charge in [-0.3, -0.25) is 0 Å². The third-order valence-corrected chi connectivity index (χ3v) is 7.15. The molecule has 35 heavy (non-hydrogen) atoms. The number of nitrogens with zero attached hydrogens (tertiary/aromatic N) is 1. The van der Waals surface area contributed by atoms with E-state index in [-0.39, 0.29) is 5.54 Å². The molecule has 0 fully saturated rings. The second kappa shape index (κ2) is 18.6. The highest BCUT2D eigenvalue weighted by Gasteiger charge is 2.25. The van der Waals surface area contributed by atoms with Crippen molar-refractivity contribution in [3.8, 4) is 0 Å². The van der Waals surface area contributed by atoms with Gasteiger partial charge in [0.1, 0.15) is 0 Å². The zero-order valence-electron chi connectivity index (χ0n) is 23.5. The van der Waals surface area contributed by atoms with Crippen molar-refractivity contribution >= 4 is 0 Å². The molecule has 4 N–H and O–H groups in total. The Balaban J connectivity index is 0.000000351. The Hall–Kier alpha value is -1.68. The summed E-state index contributed by atoms with van der Waals surface area (Å²) >= 11 is 0. The lowest BCUT2D eigenvalue weighted by Crippen LogP contribution is -2.50. The summed E-state index contributed by atoms with van der Waals surface area (Å²) in [6.07, 6.45) is 12.7. The van der Waals surface area contributed by atoms with Crippen LogP contribution in [0.4, 0.5) is 0 Å². The molecule has 0 aliphatic carbocycles. The number of hydrogen-bond donors (Lipinski definition) is 2. The van der Waals surface area contributed by atoms with Crippen LogP contribution in [0.15, 0.2) is 60.7 Å². The van der Waals surface area contributed by atoms with Crippen LogP contribution in [0.5, 0.6) is 0 Å². The van der Waals surface area contributed by atoms with Gasteiger partial charge < -0.3 is 16.0 Å². The summed E-state index contributed by atoms with van der Waals surface area (Å²) in [5.41, 5.74) is 14.4. The molecule has 2 aromatic carbocycles. The van der Waals surface area contributed by atoms with Gasteiger partial charge in [0.15, 0.2) is 0 Å². The molecule has 3 heteroatoms. The molecule has 0 radical (unpaired) electrons. The molecule has 0 aromatic heterocycles. The van der Waals surface area contributed by atoms with E-state index in [1.165, 1.54) is 93.2 Å². The molecule has 0 amide bonds. The number of quaternary nitrogens is 1. The largest absolute Gasteiger partial charge is 0.329 e. The molecule has 0 saturated heterocycles. The first kappa shape index (κ1) is 31.4. The zero-order valence-corrected chi connectivity index (χ0v) is 23.5. The van der Waals surface area contributed by atoms with Crippen LogP contribution in [-0.2, 0) is 12.8 Å². The van der Waals surface area contributed by atoms with Crippen LogP contribution in [-0.4, -0.2) is 42.7 Å². The molecule has 0 bridgehead atoms. The van der Waals surface area contributed by atoms with Gasteiger partial charge in [0.2, 0.25) is 0 Å². The Morgan fingerprint density at radius 1 is 0.571 bits per heavy atom. The predicted molar refractivity (Wildman–Crippen MR) is 156 cm³/mol. The minimum atomic E-state index is -0.372. The monoisotopic (exact) mass is 482 g/mol. The van der Waals surface area contributed by atoms with Gasteiger partial charge in [-0.25, -0.2) is 0 Å². The highest BCUT2D eigenvalue weighted by atomic mass is 15.3. The summed E-state index contributed by atoms with van der Waals surface area (Å²) in [7, 11) is 0. The van der Waals surface area contributed by atoms with Crippen molar-refractivity contribution in [1.82, 2.24) is 0 Å². The summed E-state index contributed by atoms with van der Waals surface area (Å²) in [6, 6.07) is 20.6. The molecule has 2 rings (SSSR count). The average molecular weight is 483 g/mol. The van der Waals surface area contributed by atoms with Crippen LogP contribution in [0.2, 0.25) is 0 Å². The number of rotatable bonds is 17. The van der Waals surface area contributed by atoms with Crippen LogP contribution >= 0.6 is 0 Å². The summed E-state index contributed by atoms with van der Waals surface area (Å²) < 4.78 is 1.42. The van der Waals surface area contributed by atoms with Gasteiger partial charge in [0.25, 0.3) is 0 Å². The van der Waals surface area contributed by atoms with Crippen LogP contribution in [0.3, 0.4) is 0 Å². The zero-order chi connectivity index (χ0) is 25.8. The van der Waals surface area contributed by atoms with Crippen LogP contribution in [0.25, 0.3) is 0 Å². The van der Waals surface area contributed by atoms with E-state index < -0.39 is 0 Å². The molecule has 2 aromatic rings. The van der Waals surface area contributed by atoms with Gasteiger partial charge in [0, 0.05) is 12.1 Å². The number of nitrogens with two attached hydrogens (primary N) is 2. The predicted octanol–water partition coefficient (Wildman–Crippen LogP) is 7.13. The third-order valence-electron chi connectivity index (χ3n) is 7.15. The summed E-state index contributed by atoms with van der Waals surface area (Å²) in [5.74, 6) is 0. The van der Waals surface area contributed by atoms with E-state index in [2.05, 4.69) is 52.0 Å². The van der Waals surface area contributed by atoms with Crippen molar-refractivity contribution in [3.05, 3.63) is 71.8 Å². The average Bonchev–Trinajstić information content (AvgIpc) is 2.89. The fourth-order valence-electron chi connectivity index (χ4n) is 4.86. The van der Waals surface area contributed by atoms with Crippen LogP contribution in [0, 0.1) is 0 Å². The van der Waals surface area contributed by atoms with E-state index in [9.17, 15) is 0 Å². The number of benzene rings is 2. The maximum atomic E-state index is 6.44. The molecule has 0 aliphatic heterocycles. The summed E-state index contributed by atoms with van der Waals surface area (Å²) in [4.78, 5) is 0. The van der Waals surface area contributed by atoms with E-state index in [0.29, 0.717) is 6.54 Å². The van der Waals surface area contributed by atoms with Gasteiger partial charge in [-0.2, -0.15) is 0 Å². The normalized spacial score (nSPS) is 11.7. The molecule has 198 valence electrons. The van der Waals surface area contributed by atoms with Gasteiger partial charge in [-0.05, 0) is 49.7 Å².